The number of rotatable bonds is 4. The molecule has 1 aliphatic rings. The Hall–Kier alpha value is -0.750. The van der Waals surface area contributed by atoms with Crippen LogP contribution in [0.25, 0.3) is 0 Å². The summed E-state index contributed by atoms with van der Waals surface area (Å²) in [5.41, 5.74) is 0.900. The topological polar surface area (TPSA) is 20.3 Å². The zero-order valence-electron chi connectivity index (χ0n) is 11.5. The highest BCUT2D eigenvalue weighted by Crippen LogP contribution is 2.30. The van der Waals surface area contributed by atoms with Crippen LogP contribution in [0.3, 0.4) is 0 Å². The molecule has 0 radical (unpaired) electrons. The Morgan fingerprint density at radius 1 is 1.44 bits per heavy atom. The first kappa shape index (κ1) is 15.2. The molecule has 0 amide bonds. The van der Waals surface area contributed by atoms with E-state index in [4.69, 9.17) is 0 Å². The quantitative estimate of drug-likeness (QED) is 0.682. The van der Waals surface area contributed by atoms with Crippen molar-refractivity contribution in [3.63, 3.8) is 0 Å². The Labute approximate surface area is 101 Å². The Kier molecular flexibility index (Phi) is 8.01. The van der Waals surface area contributed by atoms with E-state index in [9.17, 15) is 4.79 Å². The molecule has 0 bridgehead atoms. The number of hydrogen-bond donors (Lipinski definition) is 0. The van der Waals surface area contributed by atoms with Gasteiger partial charge in [0.2, 0.25) is 0 Å². The first-order chi connectivity index (χ1) is 7.69. The maximum atomic E-state index is 10.7. The van der Waals surface area contributed by atoms with E-state index in [1.54, 1.807) is 0 Å². The summed E-state index contributed by atoms with van der Waals surface area (Å²) in [6.07, 6.45) is 3.30. The molecule has 0 spiro atoms. The molecule has 1 rings (SSSR count). The second-order valence-corrected chi connectivity index (χ2v) is 4.56. The fraction of sp³-hybridized carbons (Fsp3) is 0.857. The van der Waals surface area contributed by atoms with E-state index in [2.05, 4.69) is 31.6 Å². The first-order valence-corrected chi connectivity index (χ1v) is 6.68. The zero-order chi connectivity index (χ0) is 12.6. The van der Waals surface area contributed by atoms with Crippen LogP contribution in [0.2, 0.25) is 0 Å². The molecule has 0 saturated carbocycles. The predicted molar refractivity (Wildman–Crippen MR) is 70.0 cm³/mol. The van der Waals surface area contributed by atoms with Gasteiger partial charge in [-0.2, -0.15) is 0 Å². The van der Waals surface area contributed by atoms with Gasteiger partial charge in [0.05, 0.1) is 5.70 Å². The van der Waals surface area contributed by atoms with Gasteiger partial charge in [-0.1, -0.05) is 41.0 Å². The highest BCUT2D eigenvalue weighted by Gasteiger charge is 2.28. The van der Waals surface area contributed by atoms with Crippen LogP contribution in [-0.2, 0) is 4.79 Å². The molecule has 16 heavy (non-hydrogen) atoms. The minimum atomic E-state index is 0.656. The Balaban J connectivity index is 0.00000106. The summed E-state index contributed by atoms with van der Waals surface area (Å²) in [6, 6.07) is 0. The summed E-state index contributed by atoms with van der Waals surface area (Å²) >= 11 is 0. The lowest BCUT2D eigenvalue weighted by Gasteiger charge is -2.18. The van der Waals surface area contributed by atoms with Crippen LogP contribution in [0.1, 0.15) is 53.9 Å². The zero-order valence-corrected chi connectivity index (χ0v) is 11.5. The summed E-state index contributed by atoms with van der Waals surface area (Å²) < 4.78 is 0. The summed E-state index contributed by atoms with van der Waals surface area (Å²) in [6.45, 7) is 12.7. The van der Waals surface area contributed by atoms with Crippen molar-refractivity contribution >= 4 is 5.94 Å². The Morgan fingerprint density at radius 3 is 2.50 bits per heavy atom. The van der Waals surface area contributed by atoms with Gasteiger partial charge in [-0.05, 0) is 18.3 Å². The molecule has 0 aromatic heterocycles. The van der Waals surface area contributed by atoms with Crippen LogP contribution in [0.5, 0.6) is 0 Å². The van der Waals surface area contributed by atoms with Crippen molar-refractivity contribution in [1.29, 1.82) is 0 Å². The SMILES string of the molecule is CC.CCCCN1CC(C(C)C)CC1=C=O. The summed E-state index contributed by atoms with van der Waals surface area (Å²) in [4.78, 5) is 13.0. The van der Waals surface area contributed by atoms with Gasteiger partial charge in [0.25, 0.3) is 0 Å². The lowest BCUT2D eigenvalue weighted by atomic mass is 9.95. The van der Waals surface area contributed by atoms with Crippen LogP contribution in [0.4, 0.5) is 0 Å². The number of nitrogens with zero attached hydrogens (tertiary/aromatic N) is 1. The number of hydrogen-bond acceptors (Lipinski definition) is 2. The maximum Gasteiger partial charge on any atom is 0.145 e. The average Bonchev–Trinajstić information content (AvgIpc) is 2.72. The molecular formula is C14H27NO. The minimum Gasteiger partial charge on any atom is -0.366 e. The molecule has 1 fully saturated rings. The van der Waals surface area contributed by atoms with E-state index in [0.29, 0.717) is 11.8 Å². The van der Waals surface area contributed by atoms with Gasteiger partial charge >= 0.3 is 0 Å². The van der Waals surface area contributed by atoms with E-state index in [1.807, 2.05) is 13.8 Å². The fourth-order valence-electron chi connectivity index (χ4n) is 1.96. The lowest BCUT2D eigenvalue weighted by Crippen LogP contribution is -2.22. The molecule has 94 valence electrons. The van der Waals surface area contributed by atoms with E-state index >= 15 is 0 Å². The van der Waals surface area contributed by atoms with E-state index in [0.717, 1.165) is 25.2 Å². The summed E-state index contributed by atoms with van der Waals surface area (Å²) in [5, 5.41) is 0. The minimum absolute atomic E-state index is 0.656. The van der Waals surface area contributed by atoms with Crippen molar-refractivity contribution in [1.82, 2.24) is 4.90 Å². The Morgan fingerprint density at radius 2 is 2.06 bits per heavy atom. The largest absolute Gasteiger partial charge is 0.366 e. The van der Waals surface area contributed by atoms with Gasteiger partial charge < -0.3 is 4.90 Å². The van der Waals surface area contributed by atoms with Crippen molar-refractivity contribution < 1.29 is 4.79 Å². The van der Waals surface area contributed by atoms with Gasteiger partial charge in [-0.15, -0.1) is 0 Å². The second-order valence-electron chi connectivity index (χ2n) is 4.56. The molecule has 1 unspecified atom stereocenters. The molecule has 0 N–H and O–H groups in total. The number of likely N-dealkylation sites (tertiary alicyclic amines) is 1. The van der Waals surface area contributed by atoms with E-state index in [1.165, 1.54) is 12.8 Å². The summed E-state index contributed by atoms with van der Waals surface area (Å²) in [5.74, 6) is 3.43. The molecule has 1 atom stereocenters. The molecule has 0 aromatic rings. The molecule has 2 nitrogen and oxygen atoms in total. The van der Waals surface area contributed by atoms with Crippen molar-refractivity contribution in [2.45, 2.75) is 53.9 Å². The molecular weight excluding hydrogens is 198 g/mol. The van der Waals surface area contributed by atoms with Gasteiger partial charge in [0.1, 0.15) is 5.94 Å². The van der Waals surface area contributed by atoms with Crippen LogP contribution in [-0.4, -0.2) is 23.9 Å². The van der Waals surface area contributed by atoms with Gasteiger partial charge in [-0.3, -0.25) is 0 Å². The molecule has 1 aliphatic heterocycles. The van der Waals surface area contributed by atoms with Crippen LogP contribution >= 0.6 is 0 Å². The van der Waals surface area contributed by atoms with E-state index in [-0.39, 0.29) is 0 Å². The summed E-state index contributed by atoms with van der Waals surface area (Å²) in [7, 11) is 0. The normalized spacial score (nSPS) is 19.5. The third-order valence-electron chi connectivity index (χ3n) is 3.13. The third-order valence-corrected chi connectivity index (χ3v) is 3.13. The monoisotopic (exact) mass is 225 g/mol. The van der Waals surface area contributed by atoms with Gasteiger partial charge in [0, 0.05) is 19.5 Å². The van der Waals surface area contributed by atoms with Crippen molar-refractivity contribution in [3.05, 3.63) is 5.70 Å². The number of unbranched alkanes of at least 4 members (excludes halogenated alkanes) is 1. The van der Waals surface area contributed by atoms with Crippen LogP contribution in [0.15, 0.2) is 5.70 Å². The molecule has 2 heteroatoms. The van der Waals surface area contributed by atoms with Crippen LogP contribution in [0, 0.1) is 11.8 Å². The average molecular weight is 225 g/mol. The fourth-order valence-corrected chi connectivity index (χ4v) is 1.96. The molecule has 1 heterocycles. The Bertz CT molecular complexity index is 229. The van der Waals surface area contributed by atoms with Crippen molar-refractivity contribution in [3.8, 4) is 0 Å². The van der Waals surface area contributed by atoms with Gasteiger partial charge in [0.15, 0.2) is 0 Å². The van der Waals surface area contributed by atoms with Crippen LogP contribution < -0.4 is 0 Å². The maximum absolute atomic E-state index is 10.7. The second kappa shape index (κ2) is 8.41. The standard InChI is InChI=1S/C12H21NO.C2H6/c1-4-5-6-13-8-11(10(2)3)7-12(13)9-14;1-2/h10-11H,4-8H2,1-3H3;1-2H3. The number of allylic oxidation sites excluding steroid dienone is 1. The predicted octanol–water partition coefficient (Wildman–Crippen LogP) is 3.51. The number of carbonyl (C=O) groups excluding carboxylic acids is 1. The first-order valence-electron chi connectivity index (χ1n) is 6.68. The van der Waals surface area contributed by atoms with E-state index < -0.39 is 0 Å². The lowest BCUT2D eigenvalue weighted by molar-refractivity contribution is 0.321. The molecule has 1 saturated heterocycles. The van der Waals surface area contributed by atoms with Gasteiger partial charge in [-0.25, -0.2) is 4.79 Å². The smallest absolute Gasteiger partial charge is 0.145 e. The van der Waals surface area contributed by atoms with Crippen molar-refractivity contribution in [2.24, 2.45) is 11.8 Å². The van der Waals surface area contributed by atoms with Crippen molar-refractivity contribution in [2.75, 3.05) is 13.1 Å². The highest BCUT2D eigenvalue weighted by molar-refractivity contribution is 5.52. The highest BCUT2D eigenvalue weighted by atomic mass is 16.1. The molecule has 0 aromatic carbocycles. The third kappa shape index (κ3) is 4.40. The molecule has 0 aliphatic carbocycles.